The smallest absolute Gasteiger partial charge is 0.246 e. The van der Waals surface area contributed by atoms with Gasteiger partial charge in [-0.05, 0) is 12.1 Å². The quantitative estimate of drug-likeness (QED) is 0.870. The van der Waals surface area contributed by atoms with Crippen molar-refractivity contribution in [3.63, 3.8) is 0 Å². The number of rotatable bonds is 3. The highest BCUT2D eigenvalue weighted by atomic mass is 16.2. The standard InChI is InChI=1S/C14H18N6O/c1-11-9-15-7-8-19(11)13(21)10-20-17-14(16-18-20)12-5-3-2-4-6-12/h2-6,11,15H,7-10H2,1H3. The lowest BCUT2D eigenvalue weighted by Gasteiger charge is -2.33. The van der Waals surface area contributed by atoms with E-state index in [1.54, 1.807) is 0 Å². The molecule has 1 unspecified atom stereocenters. The van der Waals surface area contributed by atoms with Crippen molar-refractivity contribution in [1.82, 2.24) is 30.4 Å². The average Bonchev–Trinajstić information content (AvgIpc) is 2.97. The van der Waals surface area contributed by atoms with Crippen LogP contribution in [0.5, 0.6) is 0 Å². The summed E-state index contributed by atoms with van der Waals surface area (Å²) in [5.74, 6) is 0.567. The topological polar surface area (TPSA) is 75.9 Å². The van der Waals surface area contributed by atoms with Gasteiger partial charge in [-0.3, -0.25) is 4.79 Å². The fraction of sp³-hybridized carbons (Fsp3) is 0.429. The largest absolute Gasteiger partial charge is 0.336 e. The lowest BCUT2D eigenvalue weighted by Crippen LogP contribution is -2.53. The van der Waals surface area contributed by atoms with Crippen molar-refractivity contribution in [2.24, 2.45) is 0 Å². The van der Waals surface area contributed by atoms with Crippen LogP contribution in [0.25, 0.3) is 11.4 Å². The van der Waals surface area contributed by atoms with E-state index in [1.165, 1.54) is 4.80 Å². The molecule has 1 amide bonds. The molecule has 2 heterocycles. The molecule has 1 aliphatic heterocycles. The lowest BCUT2D eigenvalue weighted by molar-refractivity contribution is -0.135. The second-order valence-corrected chi connectivity index (χ2v) is 5.15. The molecular formula is C14H18N6O. The molecule has 1 saturated heterocycles. The Labute approximate surface area is 122 Å². The van der Waals surface area contributed by atoms with Crippen LogP contribution in [0.4, 0.5) is 0 Å². The summed E-state index contributed by atoms with van der Waals surface area (Å²) < 4.78 is 0. The number of tetrazole rings is 1. The number of nitrogens with zero attached hydrogens (tertiary/aromatic N) is 5. The molecule has 110 valence electrons. The Balaban J connectivity index is 1.68. The molecule has 1 N–H and O–H groups in total. The predicted molar refractivity (Wildman–Crippen MR) is 77.3 cm³/mol. The molecule has 0 bridgehead atoms. The molecule has 21 heavy (non-hydrogen) atoms. The van der Waals surface area contributed by atoms with Gasteiger partial charge in [-0.15, -0.1) is 10.2 Å². The van der Waals surface area contributed by atoms with E-state index in [9.17, 15) is 4.79 Å². The van der Waals surface area contributed by atoms with Crippen LogP contribution in [0.2, 0.25) is 0 Å². The normalized spacial score (nSPS) is 18.7. The van der Waals surface area contributed by atoms with Crippen molar-refractivity contribution >= 4 is 5.91 Å². The summed E-state index contributed by atoms with van der Waals surface area (Å²) in [7, 11) is 0. The highest BCUT2D eigenvalue weighted by molar-refractivity contribution is 5.76. The Morgan fingerprint density at radius 3 is 2.95 bits per heavy atom. The number of hydrogen-bond donors (Lipinski definition) is 1. The van der Waals surface area contributed by atoms with E-state index in [2.05, 4.69) is 20.7 Å². The van der Waals surface area contributed by atoms with E-state index in [-0.39, 0.29) is 18.5 Å². The number of carbonyl (C=O) groups excluding carboxylic acids is 1. The molecule has 3 rings (SSSR count). The number of hydrogen-bond acceptors (Lipinski definition) is 5. The van der Waals surface area contributed by atoms with Gasteiger partial charge >= 0.3 is 0 Å². The van der Waals surface area contributed by atoms with Gasteiger partial charge < -0.3 is 10.2 Å². The van der Waals surface area contributed by atoms with E-state index in [0.29, 0.717) is 5.82 Å². The Morgan fingerprint density at radius 2 is 2.19 bits per heavy atom. The van der Waals surface area contributed by atoms with Crippen molar-refractivity contribution in [2.45, 2.75) is 19.5 Å². The number of benzene rings is 1. The van der Waals surface area contributed by atoms with Crippen LogP contribution in [0.15, 0.2) is 30.3 Å². The highest BCUT2D eigenvalue weighted by Crippen LogP contribution is 2.12. The van der Waals surface area contributed by atoms with E-state index in [1.807, 2.05) is 42.2 Å². The number of amides is 1. The van der Waals surface area contributed by atoms with E-state index in [0.717, 1.165) is 25.2 Å². The average molecular weight is 286 g/mol. The fourth-order valence-electron chi connectivity index (χ4n) is 2.44. The Kier molecular flexibility index (Phi) is 3.92. The molecule has 1 aromatic carbocycles. The zero-order chi connectivity index (χ0) is 14.7. The van der Waals surface area contributed by atoms with Crippen molar-refractivity contribution in [3.8, 4) is 11.4 Å². The van der Waals surface area contributed by atoms with Gasteiger partial charge in [0.25, 0.3) is 0 Å². The zero-order valence-electron chi connectivity index (χ0n) is 11.9. The van der Waals surface area contributed by atoms with Crippen LogP contribution < -0.4 is 5.32 Å². The molecular weight excluding hydrogens is 268 g/mol. The first-order valence-corrected chi connectivity index (χ1v) is 7.07. The predicted octanol–water partition coefficient (Wildman–Crippen LogP) is 0.160. The van der Waals surface area contributed by atoms with E-state index < -0.39 is 0 Å². The second kappa shape index (κ2) is 6.01. The Bertz CT molecular complexity index is 611. The van der Waals surface area contributed by atoms with E-state index >= 15 is 0 Å². The first-order chi connectivity index (χ1) is 10.2. The summed E-state index contributed by atoms with van der Waals surface area (Å²) in [5, 5.41) is 15.5. The van der Waals surface area contributed by atoms with Gasteiger partial charge in [0, 0.05) is 31.2 Å². The van der Waals surface area contributed by atoms with Crippen molar-refractivity contribution in [1.29, 1.82) is 0 Å². The minimum Gasteiger partial charge on any atom is -0.336 e. The summed E-state index contributed by atoms with van der Waals surface area (Å²) in [5.41, 5.74) is 0.895. The van der Waals surface area contributed by atoms with Crippen LogP contribution in [0.3, 0.4) is 0 Å². The maximum Gasteiger partial charge on any atom is 0.246 e. The van der Waals surface area contributed by atoms with Crippen LogP contribution in [-0.2, 0) is 11.3 Å². The van der Waals surface area contributed by atoms with Crippen molar-refractivity contribution in [2.75, 3.05) is 19.6 Å². The summed E-state index contributed by atoms with van der Waals surface area (Å²) in [6, 6.07) is 9.81. The van der Waals surface area contributed by atoms with E-state index in [4.69, 9.17) is 0 Å². The van der Waals surface area contributed by atoms with Gasteiger partial charge in [0.2, 0.25) is 11.7 Å². The fourth-order valence-corrected chi connectivity index (χ4v) is 2.44. The highest BCUT2D eigenvalue weighted by Gasteiger charge is 2.23. The molecule has 1 aromatic heterocycles. The number of aromatic nitrogens is 4. The van der Waals surface area contributed by atoms with Gasteiger partial charge in [-0.1, -0.05) is 30.3 Å². The van der Waals surface area contributed by atoms with Gasteiger partial charge in [-0.25, -0.2) is 0 Å². The third-order valence-corrected chi connectivity index (χ3v) is 3.58. The van der Waals surface area contributed by atoms with Gasteiger partial charge in [-0.2, -0.15) is 4.80 Å². The SMILES string of the molecule is CC1CNCCN1C(=O)Cn1nnc(-c2ccccc2)n1. The maximum atomic E-state index is 12.3. The molecule has 0 spiro atoms. The number of piperazine rings is 1. The molecule has 1 fully saturated rings. The number of nitrogens with one attached hydrogen (secondary N) is 1. The van der Waals surface area contributed by atoms with Gasteiger partial charge in [0.15, 0.2) is 0 Å². The number of carbonyl (C=O) groups is 1. The van der Waals surface area contributed by atoms with Gasteiger partial charge in [0.1, 0.15) is 6.54 Å². The van der Waals surface area contributed by atoms with Crippen molar-refractivity contribution in [3.05, 3.63) is 30.3 Å². The summed E-state index contributed by atoms with van der Waals surface area (Å²) in [4.78, 5) is 15.5. The molecule has 7 nitrogen and oxygen atoms in total. The lowest BCUT2D eigenvalue weighted by atomic mass is 10.2. The minimum atomic E-state index is 0.0287. The monoisotopic (exact) mass is 286 g/mol. The summed E-state index contributed by atoms with van der Waals surface area (Å²) >= 11 is 0. The molecule has 0 aliphatic carbocycles. The third-order valence-electron chi connectivity index (χ3n) is 3.58. The third kappa shape index (κ3) is 3.08. The first kappa shape index (κ1) is 13.7. The molecule has 7 heteroatoms. The first-order valence-electron chi connectivity index (χ1n) is 7.07. The van der Waals surface area contributed by atoms with Crippen LogP contribution in [-0.4, -0.2) is 56.7 Å². The molecule has 1 atom stereocenters. The summed E-state index contributed by atoms with van der Waals surface area (Å²) in [6.45, 7) is 4.54. The van der Waals surface area contributed by atoms with Crippen LogP contribution in [0.1, 0.15) is 6.92 Å². The Hall–Kier alpha value is -2.28. The molecule has 0 radical (unpaired) electrons. The Morgan fingerprint density at radius 1 is 1.38 bits per heavy atom. The maximum absolute atomic E-state index is 12.3. The van der Waals surface area contributed by atoms with Gasteiger partial charge in [0.05, 0.1) is 0 Å². The molecule has 2 aromatic rings. The summed E-state index contributed by atoms with van der Waals surface area (Å²) in [6.07, 6.45) is 0. The van der Waals surface area contributed by atoms with Crippen LogP contribution in [0, 0.1) is 0 Å². The second-order valence-electron chi connectivity index (χ2n) is 5.15. The molecule has 1 aliphatic rings. The molecule has 0 saturated carbocycles. The zero-order valence-corrected chi connectivity index (χ0v) is 11.9. The van der Waals surface area contributed by atoms with Crippen molar-refractivity contribution < 1.29 is 4.79 Å². The van der Waals surface area contributed by atoms with Crippen LogP contribution >= 0.6 is 0 Å². The minimum absolute atomic E-state index is 0.0287.